The second-order valence-corrected chi connectivity index (χ2v) is 14.8. The van der Waals surface area contributed by atoms with Crippen LogP contribution in [0.1, 0.15) is 107 Å². The van der Waals surface area contributed by atoms with Gasteiger partial charge in [0.25, 0.3) is 5.91 Å². The smallest absolute Gasteiger partial charge is 0.251 e. The maximum Gasteiger partial charge on any atom is 0.251 e. The molecule has 1 aromatic rings. The summed E-state index contributed by atoms with van der Waals surface area (Å²) in [5, 5.41) is 86.3. The lowest BCUT2D eigenvalue weighted by Gasteiger charge is -2.41. The number of rotatable bonds is 24. The zero-order chi connectivity index (χ0) is 40.3. The number of nitrogens with one attached hydrogen (secondary N) is 2. The molecule has 0 spiro atoms. The highest BCUT2D eigenvalue weighted by Gasteiger charge is 2.45. The Balaban J connectivity index is 1.51. The lowest BCUT2D eigenvalue weighted by atomic mass is 9.92. The Labute approximate surface area is 323 Å². The van der Waals surface area contributed by atoms with Crippen LogP contribution in [0.4, 0.5) is 5.69 Å². The van der Waals surface area contributed by atoms with Crippen LogP contribution in [0.15, 0.2) is 24.3 Å². The molecule has 2 heterocycles. The first-order valence-corrected chi connectivity index (χ1v) is 20.0. The van der Waals surface area contributed by atoms with E-state index in [1.54, 1.807) is 24.3 Å². The lowest BCUT2D eigenvalue weighted by molar-refractivity contribution is -0.232. The van der Waals surface area contributed by atoms with Crippen molar-refractivity contribution in [2.24, 2.45) is 0 Å². The third-order valence-electron chi connectivity index (χ3n) is 10.5. The highest BCUT2D eigenvalue weighted by molar-refractivity contribution is 5.97. The topological polar surface area (TPSA) is 259 Å². The minimum Gasteiger partial charge on any atom is -0.394 e. The second kappa shape index (κ2) is 24.8. The van der Waals surface area contributed by atoms with Gasteiger partial charge in [-0.3, -0.25) is 14.4 Å². The molecule has 0 aliphatic carbocycles. The van der Waals surface area contributed by atoms with Crippen molar-refractivity contribution < 1.29 is 64.7 Å². The molecule has 16 heteroatoms. The number of carbonyl (C=O) groups is 3. The zero-order valence-corrected chi connectivity index (χ0v) is 32.1. The van der Waals surface area contributed by atoms with Crippen LogP contribution in [0.3, 0.4) is 0 Å². The monoisotopic (exact) mass is 783 g/mol. The molecule has 16 nitrogen and oxygen atoms in total. The molecule has 0 bridgehead atoms. The Kier molecular flexibility index (Phi) is 21.0. The molecule has 55 heavy (non-hydrogen) atoms. The fourth-order valence-corrected chi connectivity index (χ4v) is 6.99. The van der Waals surface area contributed by atoms with Gasteiger partial charge in [-0.05, 0) is 37.1 Å². The molecule has 2 aliphatic heterocycles. The molecule has 0 aromatic heterocycles. The van der Waals surface area contributed by atoms with E-state index < -0.39 is 99.0 Å². The highest BCUT2D eigenvalue weighted by Crippen LogP contribution is 2.26. The summed E-state index contributed by atoms with van der Waals surface area (Å²) < 4.78 is 11.0. The molecule has 3 amide bonds. The van der Waals surface area contributed by atoms with Crippen LogP contribution in [0, 0.1) is 0 Å². The predicted octanol–water partition coefficient (Wildman–Crippen LogP) is 0.350. The first-order valence-electron chi connectivity index (χ1n) is 20.0. The summed E-state index contributed by atoms with van der Waals surface area (Å²) in [6.45, 7) is 0.680. The quantitative estimate of drug-likeness (QED) is 0.0636. The van der Waals surface area contributed by atoms with Gasteiger partial charge in [0.15, 0.2) is 0 Å². The van der Waals surface area contributed by atoms with Crippen LogP contribution < -0.4 is 10.6 Å². The van der Waals surface area contributed by atoms with Gasteiger partial charge in [0, 0.05) is 24.3 Å². The van der Waals surface area contributed by atoms with Crippen molar-refractivity contribution in [1.82, 2.24) is 10.2 Å². The molecular weight excluding hydrogens is 718 g/mol. The molecule has 0 saturated carbocycles. The van der Waals surface area contributed by atoms with Gasteiger partial charge in [-0.1, -0.05) is 77.6 Å². The number of hydrogen-bond acceptors (Lipinski definition) is 13. The van der Waals surface area contributed by atoms with E-state index >= 15 is 0 Å². The first-order chi connectivity index (χ1) is 26.4. The van der Waals surface area contributed by atoms with E-state index in [1.807, 2.05) is 0 Å². The van der Waals surface area contributed by atoms with Crippen molar-refractivity contribution in [3.05, 3.63) is 29.8 Å². The van der Waals surface area contributed by atoms with Crippen LogP contribution in [-0.2, 0) is 19.1 Å². The predicted molar refractivity (Wildman–Crippen MR) is 202 cm³/mol. The molecular formula is C39H65N3O13. The van der Waals surface area contributed by atoms with Gasteiger partial charge in [-0.2, -0.15) is 0 Å². The zero-order valence-electron chi connectivity index (χ0n) is 32.1. The minimum atomic E-state index is -1.71. The molecule has 3 rings (SSSR count). The van der Waals surface area contributed by atoms with Gasteiger partial charge in [0.1, 0.15) is 48.8 Å². The van der Waals surface area contributed by atoms with Crippen molar-refractivity contribution in [3.63, 3.8) is 0 Å². The number of ether oxygens (including phenoxy) is 2. The van der Waals surface area contributed by atoms with Gasteiger partial charge in [0.2, 0.25) is 11.8 Å². The second-order valence-electron chi connectivity index (χ2n) is 14.8. The van der Waals surface area contributed by atoms with Crippen molar-refractivity contribution >= 4 is 23.4 Å². The molecule has 314 valence electrons. The summed E-state index contributed by atoms with van der Waals surface area (Å²) >= 11 is 0. The Bertz CT molecular complexity index is 1270. The maximum atomic E-state index is 13.5. The molecule has 10 atom stereocenters. The van der Waals surface area contributed by atoms with Crippen LogP contribution in [0.2, 0.25) is 0 Å². The largest absolute Gasteiger partial charge is 0.394 e. The number of carbonyl (C=O) groups excluding carboxylic acids is 3. The van der Waals surface area contributed by atoms with Crippen LogP contribution in [0.25, 0.3) is 0 Å². The summed E-state index contributed by atoms with van der Waals surface area (Å²) in [5.41, 5.74) is 0.755. The van der Waals surface area contributed by atoms with Gasteiger partial charge in [-0.15, -0.1) is 0 Å². The Morgan fingerprint density at radius 3 is 1.64 bits per heavy atom. The molecule has 2 saturated heterocycles. The van der Waals surface area contributed by atoms with Gasteiger partial charge < -0.3 is 65.9 Å². The normalized spacial score (nSPS) is 28.1. The number of nitrogens with zero attached hydrogens (tertiary/aromatic N) is 1. The molecule has 2 aliphatic rings. The van der Waals surface area contributed by atoms with E-state index in [1.165, 1.54) is 57.8 Å². The van der Waals surface area contributed by atoms with Crippen LogP contribution >= 0.6 is 0 Å². The van der Waals surface area contributed by atoms with Gasteiger partial charge in [0.05, 0.1) is 38.4 Å². The standard InChI is InChI=1S/C39H65N3O13/c1-2-3-4-5-6-7-8-9-10-11-12-13-19-40-39(53)25-14-16-26(17-15-25)41-31(45)22-42(20-18-27-33(47)37(51)35(49)29(23-43)54-27)32(46)21-28-34(48)38(52)36(50)30(24-44)55-28/h14-17,27-30,33-38,43-44,47-52H,2-13,18-24H2,1H3,(H,40,53)(H,41,45)/t27-,28-,29-,30-,33+,34+,35+,36+,37-,38-/m1/s1. The summed E-state index contributed by atoms with van der Waals surface area (Å²) in [5.74, 6) is -1.61. The SMILES string of the molecule is CCCCCCCCCCCCCCNC(=O)c1ccc(NC(=O)CN(CC[C@H]2O[C@H](CO)[C@H](O)[C@H](O)[C@H]2O)C(=O)C[C@H]2O[C@H](CO)[C@H](O)[C@H](O)[C@H]2O)cc1. The average molecular weight is 784 g/mol. The van der Waals surface area contributed by atoms with Crippen LogP contribution in [-0.4, -0.2) is 157 Å². The average Bonchev–Trinajstić information content (AvgIpc) is 3.18. The summed E-state index contributed by atoms with van der Waals surface area (Å²) in [7, 11) is 0. The van der Waals surface area contributed by atoms with Gasteiger partial charge in [-0.25, -0.2) is 0 Å². The highest BCUT2D eigenvalue weighted by atomic mass is 16.6. The Morgan fingerprint density at radius 1 is 0.636 bits per heavy atom. The van der Waals surface area contributed by atoms with Gasteiger partial charge >= 0.3 is 0 Å². The molecule has 0 unspecified atom stereocenters. The van der Waals surface area contributed by atoms with Crippen LogP contribution in [0.5, 0.6) is 0 Å². The van der Waals surface area contributed by atoms with E-state index in [9.17, 15) is 55.2 Å². The summed E-state index contributed by atoms with van der Waals surface area (Å²) in [6, 6.07) is 6.22. The fraction of sp³-hybridized carbons (Fsp3) is 0.769. The molecule has 2 fully saturated rings. The Morgan fingerprint density at radius 2 is 1.11 bits per heavy atom. The molecule has 0 radical (unpaired) electrons. The number of anilines is 1. The summed E-state index contributed by atoms with van der Waals surface area (Å²) in [6.07, 6.45) is -0.711. The van der Waals surface area contributed by atoms with E-state index in [2.05, 4.69) is 17.6 Å². The van der Waals surface area contributed by atoms with Crippen molar-refractivity contribution in [1.29, 1.82) is 0 Å². The molecule has 1 aromatic carbocycles. The number of hydrogen-bond donors (Lipinski definition) is 10. The third-order valence-corrected chi connectivity index (χ3v) is 10.5. The van der Waals surface area contributed by atoms with E-state index in [0.717, 1.165) is 24.2 Å². The van der Waals surface area contributed by atoms with Crippen molar-refractivity contribution in [3.8, 4) is 0 Å². The van der Waals surface area contributed by atoms with Crippen molar-refractivity contribution in [2.45, 2.75) is 158 Å². The summed E-state index contributed by atoms with van der Waals surface area (Å²) in [4.78, 5) is 40.5. The van der Waals surface area contributed by atoms with E-state index in [4.69, 9.17) is 9.47 Å². The molecule has 10 N–H and O–H groups in total. The van der Waals surface area contributed by atoms with E-state index in [-0.39, 0.29) is 18.9 Å². The fourth-order valence-electron chi connectivity index (χ4n) is 6.99. The van der Waals surface area contributed by atoms with Crippen molar-refractivity contribution in [2.75, 3.05) is 38.2 Å². The number of unbranched alkanes of at least 4 members (excludes halogenated alkanes) is 11. The first kappa shape index (κ1) is 46.6. The lowest BCUT2D eigenvalue weighted by Crippen LogP contribution is -2.60. The number of benzene rings is 1. The minimum absolute atomic E-state index is 0.141. The number of aliphatic hydroxyl groups is 8. The number of amides is 3. The Hall–Kier alpha value is -2.77. The third kappa shape index (κ3) is 14.9. The number of aliphatic hydroxyl groups excluding tert-OH is 8. The van der Waals surface area contributed by atoms with E-state index in [0.29, 0.717) is 17.8 Å². The maximum absolute atomic E-state index is 13.5.